The largest absolute Gasteiger partial charge is 0.494 e. The summed E-state index contributed by atoms with van der Waals surface area (Å²) in [5.41, 5.74) is 1.21. The summed E-state index contributed by atoms with van der Waals surface area (Å²) in [6.07, 6.45) is 2.55. The van der Waals surface area contributed by atoms with Gasteiger partial charge in [0, 0.05) is 6.54 Å². The Hall–Kier alpha value is -1.16. The van der Waals surface area contributed by atoms with Crippen LogP contribution in [0.15, 0.2) is 24.3 Å². The van der Waals surface area contributed by atoms with Gasteiger partial charge in [0.2, 0.25) is 5.91 Å². The second kappa shape index (κ2) is 5.68. The topological polar surface area (TPSA) is 29.5 Å². The molecular weight excluding hydrogens is 270 g/mol. The Bertz CT molecular complexity index is 484. The first-order valence-corrected chi connectivity index (χ1v) is 8.32. The molecule has 1 saturated carbocycles. The number of thioether (sulfide) groups is 1. The second-order valence-corrected chi connectivity index (χ2v) is 6.99. The Morgan fingerprint density at radius 2 is 2.00 bits per heavy atom. The average molecular weight is 291 g/mol. The maximum atomic E-state index is 12.3. The van der Waals surface area contributed by atoms with Crippen LogP contribution in [0, 0.1) is 5.92 Å². The SMILES string of the molecule is CCOc1ccc([C@H]2S[C@@H](C)C(=O)N2CC2CC2)cc1. The molecule has 4 heteroatoms. The summed E-state index contributed by atoms with van der Waals surface area (Å²) in [5.74, 6) is 1.92. The lowest BCUT2D eigenvalue weighted by Gasteiger charge is -2.24. The monoisotopic (exact) mass is 291 g/mol. The molecule has 1 aromatic carbocycles. The molecule has 3 nitrogen and oxygen atoms in total. The standard InChI is InChI=1S/C16H21NO2S/c1-3-19-14-8-6-13(7-9-14)16-17(10-12-4-5-12)15(18)11(2)20-16/h6-9,11-12,16H,3-5,10H2,1-2H3/t11-,16+/m0/s1. The highest BCUT2D eigenvalue weighted by atomic mass is 32.2. The van der Waals surface area contributed by atoms with E-state index in [0.717, 1.165) is 18.2 Å². The van der Waals surface area contributed by atoms with Crippen molar-refractivity contribution in [2.75, 3.05) is 13.2 Å². The first-order valence-electron chi connectivity index (χ1n) is 7.37. The van der Waals surface area contributed by atoms with Crippen molar-refractivity contribution in [2.24, 2.45) is 5.92 Å². The zero-order valence-corrected chi connectivity index (χ0v) is 12.9. The molecule has 1 saturated heterocycles. The first kappa shape index (κ1) is 13.8. The van der Waals surface area contributed by atoms with Crippen molar-refractivity contribution >= 4 is 17.7 Å². The van der Waals surface area contributed by atoms with Crippen molar-refractivity contribution < 1.29 is 9.53 Å². The number of hydrogen-bond donors (Lipinski definition) is 0. The average Bonchev–Trinajstić information content (AvgIpc) is 3.22. The van der Waals surface area contributed by atoms with E-state index < -0.39 is 0 Å². The number of carbonyl (C=O) groups is 1. The Balaban J connectivity index is 1.77. The third-order valence-corrected chi connectivity index (χ3v) is 5.27. The molecule has 3 rings (SSSR count). The van der Waals surface area contributed by atoms with Crippen molar-refractivity contribution in [3.05, 3.63) is 29.8 Å². The Labute approximate surface area is 124 Å². The van der Waals surface area contributed by atoms with Gasteiger partial charge in [-0.3, -0.25) is 4.79 Å². The van der Waals surface area contributed by atoms with Crippen LogP contribution in [0.4, 0.5) is 0 Å². The minimum absolute atomic E-state index is 0.0744. The summed E-state index contributed by atoms with van der Waals surface area (Å²) in [6, 6.07) is 8.19. The quantitative estimate of drug-likeness (QED) is 0.832. The van der Waals surface area contributed by atoms with Crippen LogP contribution in [-0.2, 0) is 4.79 Å². The van der Waals surface area contributed by atoms with Crippen LogP contribution < -0.4 is 4.74 Å². The molecule has 2 aliphatic rings. The van der Waals surface area contributed by atoms with Gasteiger partial charge in [-0.05, 0) is 50.3 Å². The van der Waals surface area contributed by atoms with Gasteiger partial charge in [0.15, 0.2) is 0 Å². The molecule has 1 amide bonds. The normalized spacial score (nSPS) is 26.1. The third kappa shape index (κ3) is 2.80. The van der Waals surface area contributed by atoms with Crippen LogP contribution in [-0.4, -0.2) is 29.2 Å². The van der Waals surface area contributed by atoms with E-state index in [4.69, 9.17) is 4.74 Å². The molecule has 20 heavy (non-hydrogen) atoms. The van der Waals surface area contributed by atoms with Crippen molar-refractivity contribution in [1.82, 2.24) is 4.90 Å². The van der Waals surface area contributed by atoms with E-state index in [1.807, 2.05) is 26.0 Å². The fourth-order valence-corrected chi connectivity index (χ4v) is 3.88. The van der Waals surface area contributed by atoms with Crippen LogP contribution in [0.3, 0.4) is 0 Å². The van der Waals surface area contributed by atoms with Gasteiger partial charge in [0.05, 0.1) is 11.9 Å². The summed E-state index contributed by atoms with van der Waals surface area (Å²) in [5, 5.41) is 0.249. The van der Waals surface area contributed by atoms with Gasteiger partial charge < -0.3 is 9.64 Å². The van der Waals surface area contributed by atoms with E-state index in [0.29, 0.717) is 12.5 Å². The van der Waals surface area contributed by atoms with Gasteiger partial charge in [0.1, 0.15) is 11.1 Å². The fourth-order valence-electron chi connectivity index (χ4n) is 2.59. The van der Waals surface area contributed by atoms with E-state index in [2.05, 4.69) is 17.0 Å². The maximum absolute atomic E-state index is 12.3. The molecule has 0 bridgehead atoms. The highest BCUT2D eigenvalue weighted by molar-refractivity contribution is 8.01. The molecule has 2 fully saturated rings. The summed E-state index contributed by atoms with van der Waals surface area (Å²) < 4.78 is 5.48. The molecule has 1 heterocycles. The van der Waals surface area contributed by atoms with Crippen LogP contribution in [0.5, 0.6) is 5.75 Å². The number of amides is 1. The number of benzene rings is 1. The summed E-state index contributed by atoms with van der Waals surface area (Å²) in [4.78, 5) is 14.4. The molecule has 0 N–H and O–H groups in total. The van der Waals surface area contributed by atoms with Crippen LogP contribution in [0.2, 0.25) is 0 Å². The van der Waals surface area contributed by atoms with Gasteiger partial charge in [-0.25, -0.2) is 0 Å². The molecule has 1 aromatic rings. The molecule has 0 radical (unpaired) electrons. The molecule has 108 valence electrons. The Morgan fingerprint density at radius 3 is 2.60 bits per heavy atom. The number of carbonyl (C=O) groups excluding carboxylic acids is 1. The predicted octanol–water partition coefficient (Wildman–Crippen LogP) is 3.46. The lowest BCUT2D eigenvalue weighted by atomic mass is 10.2. The summed E-state index contributed by atoms with van der Waals surface area (Å²) in [7, 11) is 0. The van der Waals surface area contributed by atoms with Gasteiger partial charge in [-0.2, -0.15) is 0 Å². The van der Waals surface area contributed by atoms with Crippen LogP contribution in [0.1, 0.15) is 37.6 Å². The van der Waals surface area contributed by atoms with Gasteiger partial charge in [0.25, 0.3) is 0 Å². The van der Waals surface area contributed by atoms with Gasteiger partial charge in [-0.15, -0.1) is 11.8 Å². The first-order chi connectivity index (χ1) is 9.69. The van der Waals surface area contributed by atoms with Crippen LogP contribution in [0.25, 0.3) is 0 Å². The molecule has 2 atom stereocenters. The molecule has 1 aliphatic carbocycles. The van der Waals surface area contributed by atoms with E-state index >= 15 is 0 Å². The predicted molar refractivity (Wildman–Crippen MR) is 81.8 cm³/mol. The zero-order chi connectivity index (χ0) is 14.1. The molecule has 0 aromatic heterocycles. The highest BCUT2D eigenvalue weighted by Gasteiger charge is 2.40. The molecule has 0 spiro atoms. The second-order valence-electron chi connectivity index (χ2n) is 5.57. The molecule has 0 unspecified atom stereocenters. The van der Waals surface area contributed by atoms with Crippen molar-refractivity contribution in [3.63, 3.8) is 0 Å². The Kier molecular flexibility index (Phi) is 3.92. The van der Waals surface area contributed by atoms with Crippen molar-refractivity contribution in [2.45, 2.75) is 37.3 Å². The minimum atomic E-state index is 0.0744. The highest BCUT2D eigenvalue weighted by Crippen LogP contribution is 2.45. The van der Waals surface area contributed by atoms with Crippen molar-refractivity contribution in [3.8, 4) is 5.75 Å². The lowest BCUT2D eigenvalue weighted by Crippen LogP contribution is -2.32. The number of hydrogen-bond acceptors (Lipinski definition) is 3. The molecular formula is C16H21NO2S. The van der Waals surface area contributed by atoms with Gasteiger partial charge in [-0.1, -0.05) is 12.1 Å². The summed E-state index contributed by atoms with van der Waals surface area (Å²) >= 11 is 1.76. The smallest absolute Gasteiger partial charge is 0.236 e. The molecule has 1 aliphatic heterocycles. The number of nitrogens with zero attached hydrogens (tertiary/aromatic N) is 1. The minimum Gasteiger partial charge on any atom is -0.494 e. The number of rotatable bonds is 5. The number of ether oxygens (including phenoxy) is 1. The van der Waals surface area contributed by atoms with Crippen LogP contribution >= 0.6 is 11.8 Å². The Morgan fingerprint density at radius 1 is 1.30 bits per heavy atom. The summed E-state index contributed by atoms with van der Waals surface area (Å²) in [6.45, 7) is 5.61. The van der Waals surface area contributed by atoms with E-state index in [1.54, 1.807) is 11.8 Å². The maximum Gasteiger partial charge on any atom is 0.236 e. The van der Waals surface area contributed by atoms with E-state index in [1.165, 1.54) is 18.4 Å². The van der Waals surface area contributed by atoms with Gasteiger partial charge >= 0.3 is 0 Å². The lowest BCUT2D eigenvalue weighted by molar-refractivity contribution is -0.130. The van der Waals surface area contributed by atoms with E-state index in [9.17, 15) is 4.79 Å². The van der Waals surface area contributed by atoms with E-state index in [-0.39, 0.29) is 10.6 Å². The third-order valence-electron chi connectivity index (χ3n) is 3.88. The van der Waals surface area contributed by atoms with Crippen molar-refractivity contribution in [1.29, 1.82) is 0 Å². The zero-order valence-electron chi connectivity index (χ0n) is 12.0. The fraction of sp³-hybridized carbons (Fsp3) is 0.562.